The van der Waals surface area contributed by atoms with Crippen LogP contribution in [-0.4, -0.2) is 35.2 Å². The lowest BCUT2D eigenvalue weighted by atomic mass is 10.1. The quantitative estimate of drug-likeness (QED) is 0.758. The number of nitrogens with zero attached hydrogens (tertiary/aromatic N) is 2. The average molecular weight is 246 g/mol. The molecular formula is C13H18N4O. The summed E-state index contributed by atoms with van der Waals surface area (Å²) in [7, 11) is 1.70. The highest BCUT2D eigenvalue weighted by Gasteiger charge is 2.05. The summed E-state index contributed by atoms with van der Waals surface area (Å²) in [5.74, 6) is 0.865. The first kappa shape index (κ1) is 12.7. The third-order valence-corrected chi connectivity index (χ3v) is 2.72. The Morgan fingerprint density at radius 1 is 1.39 bits per heavy atom. The van der Waals surface area contributed by atoms with Crippen molar-refractivity contribution in [2.24, 2.45) is 0 Å². The smallest absolute Gasteiger partial charge is 0.139 e. The number of aromatic amines is 1. The molecule has 18 heavy (non-hydrogen) atoms. The first-order chi connectivity index (χ1) is 8.81. The number of H-pyrrole nitrogens is 1. The number of nitrogens with one attached hydrogen (secondary N) is 2. The van der Waals surface area contributed by atoms with Crippen molar-refractivity contribution in [1.29, 1.82) is 0 Å². The van der Waals surface area contributed by atoms with Crippen LogP contribution in [0.4, 0.5) is 0 Å². The van der Waals surface area contributed by atoms with E-state index in [1.165, 1.54) is 5.56 Å². The van der Waals surface area contributed by atoms with Crippen molar-refractivity contribution in [3.8, 4) is 11.4 Å². The van der Waals surface area contributed by atoms with Crippen molar-refractivity contribution in [2.45, 2.75) is 13.5 Å². The minimum absolute atomic E-state index is 0.711. The molecule has 5 nitrogen and oxygen atoms in total. The molecule has 0 aliphatic heterocycles. The molecule has 0 saturated carbocycles. The molecular weight excluding hydrogens is 228 g/mol. The molecule has 0 aromatic carbocycles. The van der Waals surface area contributed by atoms with Crippen molar-refractivity contribution in [3.05, 3.63) is 35.9 Å². The van der Waals surface area contributed by atoms with Gasteiger partial charge in [0.15, 0.2) is 0 Å². The predicted octanol–water partition coefficient (Wildman–Crippen LogP) is 1.52. The summed E-state index contributed by atoms with van der Waals surface area (Å²) < 4.78 is 4.97. The first-order valence-corrected chi connectivity index (χ1v) is 5.96. The third-order valence-electron chi connectivity index (χ3n) is 2.72. The van der Waals surface area contributed by atoms with Gasteiger partial charge in [-0.15, -0.1) is 0 Å². The zero-order valence-corrected chi connectivity index (χ0v) is 10.7. The summed E-state index contributed by atoms with van der Waals surface area (Å²) in [6, 6.07) is 1.98. The monoisotopic (exact) mass is 246 g/mol. The molecule has 2 heterocycles. The van der Waals surface area contributed by atoms with Crippen LogP contribution < -0.4 is 5.32 Å². The molecule has 0 aliphatic rings. The van der Waals surface area contributed by atoms with Gasteiger partial charge in [-0.1, -0.05) is 0 Å². The van der Waals surface area contributed by atoms with Gasteiger partial charge >= 0.3 is 0 Å². The number of rotatable bonds is 6. The van der Waals surface area contributed by atoms with Gasteiger partial charge in [-0.2, -0.15) is 0 Å². The maximum atomic E-state index is 4.97. The molecule has 2 aromatic heterocycles. The normalized spacial score (nSPS) is 10.8. The summed E-state index contributed by atoms with van der Waals surface area (Å²) in [5, 5.41) is 3.27. The number of pyridine rings is 1. The minimum atomic E-state index is 0.711. The van der Waals surface area contributed by atoms with Crippen molar-refractivity contribution in [1.82, 2.24) is 20.3 Å². The van der Waals surface area contributed by atoms with Gasteiger partial charge < -0.3 is 15.0 Å². The summed E-state index contributed by atoms with van der Waals surface area (Å²) in [4.78, 5) is 11.8. The minimum Gasteiger partial charge on any atom is -0.383 e. The van der Waals surface area contributed by atoms with Crippen molar-refractivity contribution < 1.29 is 4.74 Å². The highest BCUT2D eigenvalue weighted by atomic mass is 16.5. The Bertz CT molecular complexity index is 495. The van der Waals surface area contributed by atoms with Gasteiger partial charge in [-0.25, -0.2) is 4.98 Å². The van der Waals surface area contributed by atoms with Crippen LogP contribution in [0.15, 0.2) is 24.7 Å². The van der Waals surface area contributed by atoms with E-state index in [1.807, 2.05) is 18.5 Å². The van der Waals surface area contributed by atoms with E-state index in [0.717, 1.165) is 30.2 Å². The summed E-state index contributed by atoms with van der Waals surface area (Å²) in [5.41, 5.74) is 3.27. The lowest BCUT2D eigenvalue weighted by molar-refractivity contribution is 0.199. The molecule has 5 heteroatoms. The summed E-state index contributed by atoms with van der Waals surface area (Å²) in [6.07, 6.45) is 5.47. The Morgan fingerprint density at radius 3 is 3.06 bits per heavy atom. The maximum Gasteiger partial charge on any atom is 0.139 e. The van der Waals surface area contributed by atoms with Crippen LogP contribution in [0, 0.1) is 6.92 Å². The molecule has 0 atom stereocenters. The van der Waals surface area contributed by atoms with E-state index in [-0.39, 0.29) is 0 Å². The van der Waals surface area contributed by atoms with Crippen LogP contribution in [0.1, 0.15) is 11.3 Å². The first-order valence-electron chi connectivity index (χ1n) is 5.96. The number of methoxy groups -OCH3 is 1. The predicted molar refractivity (Wildman–Crippen MR) is 70.1 cm³/mol. The van der Waals surface area contributed by atoms with Crippen molar-refractivity contribution in [2.75, 3.05) is 20.3 Å². The largest absolute Gasteiger partial charge is 0.383 e. The molecule has 0 unspecified atom stereocenters. The van der Waals surface area contributed by atoms with Crippen LogP contribution in [0.2, 0.25) is 0 Å². The Hall–Kier alpha value is -1.72. The third kappa shape index (κ3) is 3.15. The standard InChI is InChI=1S/C13H18N4O/c1-10-3-4-14-9-12(10)13-16-8-11(17-13)7-15-5-6-18-2/h3-4,8-9,15H,5-7H2,1-2H3,(H,16,17). The number of ether oxygens (including phenoxy) is 1. The molecule has 0 aliphatic carbocycles. The van der Waals surface area contributed by atoms with E-state index in [1.54, 1.807) is 13.3 Å². The Balaban J connectivity index is 2.00. The Kier molecular flexibility index (Phi) is 4.44. The molecule has 0 spiro atoms. The van der Waals surface area contributed by atoms with Gasteiger partial charge in [0.2, 0.25) is 0 Å². The molecule has 2 N–H and O–H groups in total. The number of aryl methyl sites for hydroxylation is 1. The van der Waals surface area contributed by atoms with Gasteiger partial charge in [0.25, 0.3) is 0 Å². The van der Waals surface area contributed by atoms with Crippen molar-refractivity contribution in [3.63, 3.8) is 0 Å². The van der Waals surface area contributed by atoms with Gasteiger partial charge in [0.05, 0.1) is 6.61 Å². The SMILES string of the molecule is COCCNCc1cnc(-c2cnccc2C)[nH]1. The average Bonchev–Trinajstić information content (AvgIpc) is 2.84. The number of hydrogen-bond donors (Lipinski definition) is 2. The second kappa shape index (κ2) is 6.28. The van der Waals surface area contributed by atoms with E-state index in [4.69, 9.17) is 4.74 Å². The fourth-order valence-electron chi connectivity index (χ4n) is 1.70. The fraction of sp³-hybridized carbons (Fsp3) is 0.385. The van der Waals surface area contributed by atoms with Crippen LogP contribution >= 0.6 is 0 Å². The summed E-state index contributed by atoms with van der Waals surface area (Å²) in [6.45, 7) is 4.35. The second-order valence-corrected chi connectivity index (χ2v) is 4.12. The molecule has 2 rings (SSSR count). The lowest BCUT2D eigenvalue weighted by Crippen LogP contribution is -2.18. The molecule has 0 fully saturated rings. The van der Waals surface area contributed by atoms with Gasteiger partial charge in [0, 0.05) is 50.0 Å². The van der Waals surface area contributed by atoms with E-state index in [0.29, 0.717) is 6.61 Å². The lowest BCUT2D eigenvalue weighted by Gasteiger charge is -2.02. The zero-order chi connectivity index (χ0) is 12.8. The highest BCUT2D eigenvalue weighted by Crippen LogP contribution is 2.18. The Labute approximate surface area is 107 Å². The topological polar surface area (TPSA) is 62.8 Å². The van der Waals surface area contributed by atoms with Crippen LogP contribution in [0.25, 0.3) is 11.4 Å². The molecule has 2 aromatic rings. The molecule has 0 saturated heterocycles. The Morgan fingerprint density at radius 2 is 2.28 bits per heavy atom. The van der Waals surface area contributed by atoms with Gasteiger partial charge in [-0.05, 0) is 18.6 Å². The zero-order valence-electron chi connectivity index (χ0n) is 10.7. The maximum absolute atomic E-state index is 4.97. The van der Waals surface area contributed by atoms with Crippen LogP contribution in [0.5, 0.6) is 0 Å². The summed E-state index contributed by atoms with van der Waals surface area (Å²) >= 11 is 0. The second-order valence-electron chi connectivity index (χ2n) is 4.12. The van der Waals surface area contributed by atoms with E-state index in [9.17, 15) is 0 Å². The van der Waals surface area contributed by atoms with Crippen molar-refractivity contribution >= 4 is 0 Å². The van der Waals surface area contributed by atoms with Gasteiger partial charge in [0.1, 0.15) is 5.82 Å². The number of aromatic nitrogens is 3. The van der Waals surface area contributed by atoms with Crippen LogP contribution in [-0.2, 0) is 11.3 Å². The number of imidazole rings is 1. The molecule has 96 valence electrons. The molecule has 0 bridgehead atoms. The van der Waals surface area contributed by atoms with E-state index in [2.05, 4.69) is 27.2 Å². The molecule has 0 radical (unpaired) electrons. The van der Waals surface area contributed by atoms with Crippen LogP contribution in [0.3, 0.4) is 0 Å². The number of hydrogen-bond acceptors (Lipinski definition) is 4. The van der Waals surface area contributed by atoms with Gasteiger partial charge in [-0.3, -0.25) is 4.98 Å². The fourth-order valence-corrected chi connectivity index (χ4v) is 1.70. The van der Waals surface area contributed by atoms with E-state index >= 15 is 0 Å². The van der Waals surface area contributed by atoms with E-state index < -0.39 is 0 Å². The molecule has 0 amide bonds. The highest BCUT2D eigenvalue weighted by molar-refractivity contribution is 5.58.